The normalized spacial score (nSPS) is 29.0. The SMILES string of the molecule is CC1CCn2c(nnc2CC2CCCNC2)C1. The summed E-state index contributed by atoms with van der Waals surface area (Å²) in [6.07, 6.45) is 6.14. The van der Waals surface area contributed by atoms with E-state index in [2.05, 4.69) is 27.0 Å². The molecule has 0 saturated carbocycles. The van der Waals surface area contributed by atoms with Gasteiger partial charge in [0.05, 0.1) is 0 Å². The van der Waals surface area contributed by atoms with Crippen molar-refractivity contribution in [3.8, 4) is 0 Å². The van der Waals surface area contributed by atoms with Gasteiger partial charge in [-0.3, -0.25) is 0 Å². The number of fused-ring (bicyclic) bond motifs is 1. The fraction of sp³-hybridized carbons (Fsp3) is 0.846. The standard InChI is InChI=1S/C13H22N4/c1-10-4-6-17-12(7-10)15-16-13(17)8-11-3-2-5-14-9-11/h10-11,14H,2-9H2,1H3. The van der Waals surface area contributed by atoms with E-state index in [4.69, 9.17) is 0 Å². The van der Waals surface area contributed by atoms with Crippen molar-refractivity contribution >= 4 is 0 Å². The van der Waals surface area contributed by atoms with Gasteiger partial charge in [-0.1, -0.05) is 6.92 Å². The molecule has 2 aliphatic rings. The molecule has 1 aromatic heterocycles. The largest absolute Gasteiger partial charge is 0.316 e. The second-order valence-corrected chi connectivity index (χ2v) is 5.70. The van der Waals surface area contributed by atoms with Gasteiger partial charge in [0, 0.05) is 19.4 Å². The van der Waals surface area contributed by atoms with Crippen molar-refractivity contribution in [1.82, 2.24) is 20.1 Å². The summed E-state index contributed by atoms with van der Waals surface area (Å²) in [4.78, 5) is 0. The zero-order valence-electron chi connectivity index (χ0n) is 10.7. The van der Waals surface area contributed by atoms with Crippen LogP contribution in [0.5, 0.6) is 0 Å². The highest BCUT2D eigenvalue weighted by atomic mass is 15.3. The molecule has 1 fully saturated rings. The fourth-order valence-corrected chi connectivity index (χ4v) is 3.05. The van der Waals surface area contributed by atoms with Crippen LogP contribution < -0.4 is 5.32 Å². The Hall–Kier alpha value is -0.900. The molecule has 1 saturated heterocycles. The summed E-state index contributed by atoms with van der Waals surface area (Å²) >= 11 is 0. The van der Waals surface area contributed by atoms with Crippen molar-refractivity contribution in [2.75, 3.05) is 13.1 Å². The molecule has 0 spiro atoms. The molecular weight excluding hydrogens is 212 g/mol. The molecule has 4 heteroatoms. The molecular formula is C13H22N4. The van der Waals surface area contributed by atoms with E-state index in [0.29, 0.717) is 0 Å². The maximum atomic E-state index is 4.41. The van der Waals surface area contributed by atoms with Crippen LogP contribution in [0.3, 0.4) is 0 Å². The van der Waals surface area contributed by atoms with Gasteiger partial charge < -0.3 is 9.88 Å². The summed E-state index contributed by atoms with van der Waals surface area (Å²) in [6, 6.07) is 0. The van der Waals surface area contributed by atoms with Crippen LogP contribution >= 0.6 is 0 Å². The summed E-state index contributed by atoms with van der Waals surface area (Å²) < 4.78 is 2.37. The maximum Gasteiger partial charge on any atom is 0.133 e. The first-order valence-electron chi connectivity index (χ1n) is 6.94. The zero-order chi connectivity index (χ0) is 11.7. The lowest BCUT2D eigenvalue weighted by atomic mass is 9.95. The molecule has 0 radical (unpaired) electrons. The minimum atomic E-state index is 0.761. The van der Waals surface area contributed by atoms with Gasteiger partial charge in [-0.15, -0.1) is 10.2 Å². The summed E-state index contributed by atoms with van der Waals surface area (Å²) in [5.41, 5.74) is 0. The molecule has 3 heterocycles. The summed E-state index contributed by atoms with van der Waals surface area (Å²) in [6.45, 7) is 5.77. The van der Waals surface area contributed by atoms with Gasteiger partial charge in [0.1, 0.15) is 11.6 Å². The molecule has 1 aromatic rings. The zero-order valence-corrected chi connectivity index (χ0v) is 10.7. The van der Waals surface area contributed by atoms with E-state index in [0.717, 1.165) is 37.8 Å². The summed E-state index contributed by atoms with van der Waals surface area (Å²) in [7, 11) is 0. The Morgan fingerprint density at radius 2 is 2.29 bits per heavy atom. The third kappa shape index (κ3) is 2.37. The van der Waals surface area contributed by atoms with Crippen LogP contribution in [0.25, 0.3) is 0 Å². The molecule has 0 amide bonds. The molecule has 0 bridgehead atoms. The highest BCUT2D eigenvalue weighted by molar-refractivity contribution is 5.01. The predicted molar refractivity (Wildman–Crippen MR) is 66.8 cm³/mol. The van der Waals surface area contributed by atoms with E-state index < -0.39 is 0 Å². The molecule has 0 aromatic carbocycles. The van der Waals surface area contributed by atoms with Crippen molar-refractivity contribution in [2.45, 2.75) is 45.6 Å². The molecule has 17 heavy (non-hydrogen) atoms. The quantitative estimate of drug-likeness (QED) is 0.841. The van der Waals surface area contributed by atoms with Gasteiger partial charge in [0.15, 0.2) is 0 Å². The van der Waals surface area contributed by atoms with Crippen molar-refractivity contribution in [1.29, 1.82) is 0 Å². The van der Waals surface area contributed by atoms with Crippen molar-refractivity contribution in [2.24, 2.45) is 11.8 Å². The van der Waals surface area contributed by atoms with E-state index in [1.165, 1.54) is 37.5 Å². The van der Waals surface area contributed by atoms with Crippen LogP contribution in [-0.2, 0) is 19.4 Å². The van der Waals surface area contributed by atoms with E-state index >= 15 is 0 Å². The smallest absolute Gasteiger partial charge is 0.133 e. The number of hydrogen-bond acceptors (Lipinski definition) is 3. The summed E-state index contributed by atoms with van der Waals surface area (Å²) in [5.74, 6) is 3.97. The van der Waals surface area contributed by atoms with Crippen LogP contribution in [0.4, 0.5) is 0 Å². The van der Waals surface area contributed by atoms with Crippen LogP contribution in [-0.4, -0.2) is 27.9 Å². The molecule has 0 aliphatic carbocycles. The van der Waals surface area contributed by atoms with Crippen molar-refractivity contribution < 1.29 is 0 Å². The van der Waals surface area contributed by atoms with Gasteiger partial charge in [0.2, 0.25) is 0 Å². The first-order chi connectivity index (χ1) is 8.33. The number of hydrogen-bond donors (Lipinski definition) is 1. The fourth-order valence-electron chi connectivity index (χ4n) is 3.05. The van der Waals surface area contributed by atoms with Gasteiger partial charge in [-0.05, 0) is 44.2 Å². The third-order valence-electron chi connectivity index (χ3n) is 4.15. The van der Waals surface area contributed by atoms with Crippen LogP contribution in [0.2, 0.25) is 0 Å². The first kappa shape index (κ1) is 11.2. The Morgan fingerprint density at radius 1 is 1.35 bits per heavy atom. The molecule has 1 N–H and O–H groups in total. The highest BCUT2D eigenvalue weighted by Gasteiger charge is 2.22. The Kier molecular flexibility index (Phi) is 3.14. The predicted octanol–water partition coefficient (Wildman–Crippen LogP) is 1.40. The lowest BCUT2D eigenvalue weighted by Crippen LogP contribution is -2.31. The van der Waals surface area contributed by atoms with Crippen LogP contribution in [0, 0.1) is 11.8 Å². The minimum absolute atomic E-state index is 0.761. The van der Waals surface area contributed by atoms with Crippen LogP contribution in [0.15, 0.2) is 0 Å². The molecule has 4 nitrogen and oxygen atoms in total. The van der Waals surface area contributed by atoms with Crippen molar-refractivity contribution in [3.63, 3.8) is 0 Å². The van der Waals surface area contributed by atoms with E-state index in [1.54, 1.807) is 0 Å². The maximum absolute atomic E-state index is 4.41. The summed E-state index contributed by atoms with van der Waals surface area (Å²) in [5, 5.41) is 12.3. The van der Waals surface area contributed by atoms with E-state index in [1.807, 2.05) is 0 Å². The monoisotopic (exact) mass is 234 g/mol. The Balaban J connectivity index is 1.71. The average molecular weight is 234 g/mol. The molecule has 3 rings (SSSR count). The Bertz CT molecular complexity index is 379. The third-order valence-corrected chi connectivity index (χ3v) is 4.15. The lowest BCUT2D eigenvalue weighted by Gasteiger charge is -2.24. The minimum Gasteiger partial charge on any atom is -0.316 e. The highest BCUT2D eigenvalue weighted by Crippen LogP contribution is 2.22. The topological polar surface area (TPSA) is 42.7 Å². The van der Waals surface area contributed by atoms with Crippen LogP contribution in [0.1, 0.15) is 37.8 Å². The van der Waals surface area contributed by atoms with Gasteiger partial charge in [-0.2, -0.15) is 0 Å². The lowest BCUT2D eigenvalue weighted by molar-refractivity contribution is 0.355. The van der Waals surface area contributed by atoms with Gasteiger partial charge in [-0.25, -0.2) is 0 Å². The Labute approximate surface area is 103 Å². The number of aromatic nitrogens is 3. The molecule has 2 unspecified atom stereocenters. The van der Waals surface area contributed by atoms with Gasteiger partial charge >= 0.3 is 0 Å². The second-order valence-electron chi connectivity index (χ2n) is 5.70. The first-order valence-corrected chi connectivity index (χ1v) is 6.94. The molecule has 94 valence electrons. The van der Waals surface area contributed by atoms with Crippen molar-refractivity contribution in [3.05, 3.63) is 11.6 Å². The number of rotatable bonds is 2. The number of nitrogens with one attached hydrogen (secondary N) is 1. The average Bonchev–Trinajstić information content (AvgIpc) is 2.73. The van der Waals surface area contributed by atoms with E-state index in [-0.39, 0.29) is 0 Å². The second kappa shape index (κ2) is 4.77. The van der Waals surface area contributed by atoms with E-state index in [9.17, 15) is 0 Å². The number of piperidine rings is 1. The van der Waals surface area contributed by atoms with Gasteiger partial charge in [0.25, 0.3) is 0 Å². The number of nitrogens with zero attached hydrogens (tertiary/aromatic N) is 3. The molecule has 2 aliphatic heterocycles. The Morgan fingerprint density at radius 3 is 3.12 bits per heavy atom. The molecule has 2 atom stereocenters.